The van der Waals surface area contributed by atoms with Crippen molar-refractivity contribution < 1.29 is 14.9 Å². The van der Waals surface area contributed by atoms with E-state index in [1.165, 1.54) is 31.0 Å². The lowest BCUT2D eigenvalue weighted by Crippen LogP contribution is -2.61. The van der Waals surface area contributed by atoms with Gasteiger partial charge in [0.25, 0.3) is 0 Å². The highest BCUT2D eigenvalue weighted by atomic mass is 32.2. The van der Waals surface area contributed by atoms with Crippen LogP contribution in [0.15, 0.2) is 4.99 Å². The highest BCUT2D eigenvalue weighted by Gasteiger charge is 2.48. The van der Waals surface area contributed by atoms with Gasteiger partial charge in [0.05, 0.1) is 6.04 Å². The lowest BCUT2D eigenvalue weighted by molar-refractivity contribution is -0.154. The third-order valence-corrected chi connectivity index (χ3v) is 5.34. The first kappa shape index (κ1) is 14.6. The third-order valence-electron chi connectivity index (χ3n) is 4.23. The van der Waals surface area contributed by atoms with Gasteiger partial charge in [0.1, 0.15) is 23.7 Å². The highest BCUT2D eigenvalue weighted by molar-refractivity contribution is 8.14. The SMILES string of the molecule is CCN=C1N[C@@H]2[C@@H](O)[C@H](O)[C@@H](CNC3CCC3)O[C@@H]2S1. The smallest absolute Gasteiger partial charge is 0.159 e. The van der Waals surface area contributed by atoms with Crippen molar-refractivity contribution in [3.63, 3.8) is 0 Å². The molecule has 3 fully saturated rings. The van der Waals surface area contributed by atoms with Crippen LogP contribution in [0.5, 0.6) is 0 Å². The van der Waals surface area contributed by atoms with Crippen LogP contribution in [0.25, 0.3) is 0 Å². The van der Waals surface area contributed by atoms with Crippen molar-refractivity contribution in [3.05, 3.63) is 0 Å². The summed E-state index contributed by atoms with van der Waals surface area (Å²) >= 11 is 1.50. The van der Waals surface area contributed by atoms with E-state index in [-0.39, 0.29) is 17.6 Å². The molecule has 0 unspecified atom stereocenters. The lowest BCUT2D eigenvalue weighted by Gasteiger charge is -2.40. The molecule has 3 rings (SSSR count). The second-order valence-electron chi connectivity index (χ2n) is 5.63. The van der Waals surface area contributed by atoms with Crippen LogP contribution in [0.1, 0.15) is 26.2 Å². The van der Waals surface area contributed by atoms with Crippen LogP contribution in [0, 0.1) is 0 Å². The van der Waals surface area contributed by atoms with Crippen molar-refractivity contribution in [1.82, 2.24) is 10.6 Å². The average molecular weight is 301 g/mol. The van der Waals surface area contributed by atoms with Gasteiger partial charge in [-0.15, -0.1) is 0 Å². The summed E-state index contributed by atoms with van der Waals surface area (Å²) in [5.41, 5.74) is -0.174. The van der Waals surface area contributed by atoms with E-state index in [9.17, 15) is 10.2 Å². The monoisotopic (exact) mass is 301 g/mol. The first-order valence-electron chi connectivity index (χ1n) is 7.41. The Labute approximate surface area is 123 Å². The zero-order valence-electron chi connectivity index (χ0n) is 11.7. The minimum atomic E-state index is -0.863. The maximum Gasteiger partial charge on any atom is 0.159 e. The van der Waals surface area contributed by atoms with Gasteiger partial charge in [-0.3, -0.25) is 4.99 Å². The number of aliphatic hydroxyl groups is 2. The molecule has 0 aromatic rings. The van der Waals surface area contributed by atoms with Crippen LogP contribution >= 0.6 is 11.8 Å². The number of fused-ring (bicyclic) bond motifs is 1. The summed E-state index contributed by atoms with van der Waals surface area (Å²) in [6.07, 6.45) is 1.62. The summed E-state index contributed by atoms with van der Waals surface area (Å²) in [7, 11) is 0. The Hall–Kier alpha value is -0.340. The number of hydrogen-bond acceptors (Lipinski definition) is 6. The van der Waals surface area contributed by atoms with Crippen molar-refractivity contribution >= 4 is 16.9 Å². The van der Waals surface area contributed by atoms with E-state index >= 15 is 0 Å². The van der Waals surface area contributed by atoms with Crippen molar-refractivity contribution in [2.75, 3.05) is 13.1 Å². The van der Waals surface area contributed by atoms with E-state index in [2.05, 4.69) is 15.6 Å². The van der Waals surface area contributed by atoms with E-state index in [0.29, 0.717) is 19.1 Å². The molecule has 0 aromatic carbocycles. The summed E-state index contributed by atoms with van der Waals surface area (Å²) < 4.78 is 5.94. The number of ether oxygens (including phenoxy) is 1. The fourth-order valence-corrected chi connectivity index (χ4v) is 3.96. The van der Waals surface area contributed by atoms with E-state index in [0.717, 1.165) is 5.17 Å². The first-order valence-corrected chi connectivity index (χ1v) is 8.29. The summed E-state index contributed by atoms with van der Waals surface area (Å²) in [6, 6.07) is 0.271. The van der Waals surface area contributed by atoms with Crippen molar-refractivity contribution in [3.8, 4) is 0 Å². The number of amidine groups is 1. The minimum absolute atomic E-state index is 0.174. The predicted molar refractivity (Wildman–Crippen MR) is 78.8 cm³/mol. The summed E-state index contributed by atoms with van der Waals surface area (Å²) in [5, 5.41) is 27.8. The van der Waals surface area contributed by atoms with Gasteiger partial charge in [-0.2, -0.15) is 0 Å². The summed E-state index contributed by atoms with van der Waals surface area (Å²) in [6.45, 7) is 3.25. The minimum Gasteiger partial charge on any atom is -0.388 e. The van der Waals surface area contributed by atoms with Gasteiger partial charge in [0, 0.05) is 19.1 Å². The Morgan fingerprint density at radius 1 is 1.40 bits per heavy atom. The Morgan fingerprint density at radius 3 is 2.85 bits per heavy atom. The number of thioether (sulfide) groups is 1. The highest BCUT2D eigenvalue weighted by Crippen LogP contribution is 2.34. The Morgan fingerprint density at radius 2 is 2.20 bits per heavy atom. The summed E-state index contributed by atoms with van der Waals surface area (Å²) in [5.74, 6) is 0. The molecular formula is C13H23N3O3S. The zero-order valence-corrected chi connectivity index (χ0v) is 12.5. The van der Waals surface area contributed by atoms with Crippen molar-refractivity contribution in [2.45, 2.75) is 62.0 Å². The van der Waals surface area contributed by atoms with Crippen LogP contribution in [0.3, 0.4) is 0 Å². The van der Waals surface area contributed by atoms with Crippen LogP contribution < -0.4 is 10.6 Å². The third kappa shape index (κ3) is 2.82. The van der Waals surface area contributed by atoms with Crippen LogP contribution in [0.2, 0.25) is 0 Å². The van der Waals surface area contributed by atoms with Gasteiger partial charge in [0.15, 0.2) is 5.17 Å². The maximum absolute atomic E-state index is 10.3. The summed E-state index contributed by atoms with van der Waals surface area (Å²) in [4.78, 5) is 4.31. The van der Waals surface area contributed by atoms with E-state index in [1.807, 2.05) is 6.92 Å². The van der Waals surface area contributed by atoms with Gasteiger partial charge >= 0.3 is 0 Å². The number of aliphatic imine (C=N–C) groups is 1. The molecule has 0 aromatic heterocycles. The Kier molecular flexibility index (Phi) is 4.52. The van der Waals surface area contributed by atoms with E-state index in [1.54, 1.807) is 0 Å². The van der Waals surface area contributed by atoms with E-state index in [4.69, 9.17) is 4.74 Å². The number of nitrogens with one attached hydrogen (secondary N) is 2. The quantitative estimate of drug-likeness (QED) is 0.568. The number of aliphatic hydroxyl groups excluding tert-OH is 2. The fraction of sp³-hybridized carbons (Fsp3) is 0.923. The van der Waals surface area contributed by atoms with Gasteiger partial charge < -0.3 is 25.6 Å². The number of rotatable bonds is 4. The first-order chi connectivity index (χ1) is 9.69. The molecule has 0 bridgehead atoms. The normalized spacial score (nSPS) is 43.1. The second kappa shape index (κ2) is 6.19. The number of hydrogen-bond donors (Lipinski definition) is 4. The Bertz CT molecular complexity index is 378. The molecule has 2 aliphatic heterocycles. The molecule has 20 heavy (non-hydrogen) atoms. The molecule has 1 saturated carbocycles. The predicted octanol–water partition coefficient (Wildman–Crippen LogP) is -0.344. The molecular weight excluding hydrogens is 278 g/mol. The standard InChI is InChI=1S/C13H23N3O3S/c1-2-14-13-16-9-11(18)10(17)8(19-12(9)20-13)6-15-7-4-3-5-7/h7-12,15,17-18H,2-6H2,1H3,(H,14,16)/t8-,9-,10-,11-,12-/m1/s1. The Balaban J connectivity index is 1.59. The molecule has 4 N–H and O–H groups in total. The maximum atomic E-state index is 10.3. The topological polar surface area (TPSA) is 86.1 Å². The average Bonchev–Trinajstić information content (AvgIpc) is 2.77. The lowest BCUT2D eigenvalue weighted by atomic mass is 9.92. The largest absolute Gasteiger partial charge is 0.388 e. The van der Waals surface area contributed by atoms with Gasteiger partial charge in [-0.05, 0) is 19.8 Å². The van der Waals surface area contributed by atoms with Crippen molar-refractivity contribution in [1.29, 1.82) is 0 Å². The molecule has 0 spiro atoms. The molecule has 2 heterocycles. The van der Waals surface area contributed by atoms with Gasteiger partial charge in [-0.25, -0.2) is 0 Å². The molecule has 6 nitrogen and oxygen atoms in total. The van der Waals surface area contributed by atoms with Crippen molar-refractivity contribution in [2.24, 2.45) is 4.99 Å². The molecule has 114 valence electrons. The van der Waals surface area contributed by atoms with Gasteiger partial charge in [0.2, 0.25) is 0 Å². The zero-order chi connectivity index (χ0) is 14.1. The fourth-order valence-electron chi connectivity index (χ4n) is 2.76. The number of nitrogens with zero attached hydrogens (tertiary/aromatic N) is 1. The van der Waals surface area contributed by atoms with E-state index < -0.39 is 12.2 Å². The molecule has 0 amide bonds. The van der Waals surface area contributed by atoms with Crippen LogP contribution in [-0.4, -0.2) is 64.3 Å². The molecule has 3 aliphatic rings. The second-order valence-corrected chi connectivity index (χ2v) is 6.71. The van der Waals surface area contributed by atoms with Crippen LogP contribution in [0.4, 0.5) is 0 Å². The molecule has 0 radical (unpaired) electrons. The molecule has 7 heteroatoms. The molecule has 2 saturated heterocycles. The van der Waals surface area contributed by atoms with Crippen LogP contribution in [-0.2, 0) is 4.74 Å². The molecule has 1 aliphatic carbocycles. The molecule has 5 atom stereocenters. The van der Waals surface area contributed by atoms with Gasteiger partial charge in [-0.1, -0.05) is 18.2 Å².